The maximum absolute atomic E-state index is 12.9. The zero-order chi connectivity index (χ0) is 21.3. The van der Waals surface area contributed by atoms with Crippen LogP contribution in [0.4, 0.5) is 0 Å². The molecule has 0 aliphatic carbocycles. The topological polar surface area (TPSA) is 55.4 Å². The van der Waals surface area contributed by atoms with Gasteiger partial charge in [-0.25, -0.2) is 4.79 Å². The van der Waals surface area contributed by atoms with Crippen LogP contribution in [0.15, 0.2) is 66.7 Å². The molecule has 0 aromatic heterocycles. The van der Waals surface area contributed by atoms with E-state index < -0.39 is 11.6 Å². The summed E-state index contributed by atoms with van der Waals surface area (Å²) in [5.74, 6) is -0.734. The normalized spacial score (nSPS) is 17.8. The molecule has 0 saturated carbocycles. The van der Waals surface area contributed by atoms with Gasteiger partial charge in [0.1, 0.15) is 0 Å². The number of hydrogen-bond acceptors (Lipinski definition) is 3. The second kappa shape index (κ2) is 7.79. The summed E-state index contributed by atoms with van der Waals surface area (Å²) in [6.45, 7) is 6.04. The number of nitrogens with one attached hydrogen (secondary N) is 1. The van der Waals surface area contributed by atoms with Gasteiger partial charge in [0.2, 0.25) is 0 Å². The SMILES string of the molecule is Cc1cccc(-c2cccc(CNC(=O)C3(C)Cc4ccc(C)cc4C(=O)O3)c2)c1. The van der Waals surface area contributed by atoms with Crippen LogP contribution in [0.1, 0.15) is 39.5 Å². The van der Waals surface area contributed by atoms with E-state index in [9.17, 15) is 9.59 Å². The lowest BCUT2D eigenvalue weighted by molar-refractivity contribution is -0.139. The molecule has 1 aliphatic heterocycles. The molecule has 1 atom stereocenters. The fourth-order valence-electron chi connectivity index (χ4n) is 3.87. The Bertz CT molecular complexity index is 1130. The molecule has 30 heavy (non-hydrogen) atoms. The summed E-state index contributed by atoms with van der Waals surface area (Å²) >= 11 is 0. The molecule has 0 fully saturated rings. The lowest BCUT2D eigenvalue weighted by Crippen LogP contribution is -2.51. The summed E-state index contributed by atoms with van der Waals surface area (Å²) < 4.78 is 5.56. The van der Waals surface area contributed by atoms with Crippen molar-refractivity contribution in [2.45, 2.75) is 39.3 Å². The molecule has 1 unspecified atom stereocenters. The van der Waals surface area contributed by atoms with Gasteiger partial charge in [-0.05, 0) is 55.2 Å². The molecule has 1 N–H and O–H groups in total. The van der Waals surface area contributed by atoms with E-state index in [0.29, 0.717) is 18.5 Å². The first kappa shape index (κ1) is 19.9. The first-order chi connectivity index (χ1) is 14.3. The van der Waals surface area contributed by atoms with Gasteiger partial charge in [-0.3, -0.25) is 4.79 Å². The third kappa shape index (κ3) is 3.99. The number of fused-ring (bicyclic) bond motifs is 1. The number of rotatable bonds is 4. The van der Waals surface area contributed by atoms with Crippen LogP contribution in [0.5, 0.6) is 0 Å². The molecule has 3 aromatic carbocycles. The lowest BCUT2D eigenvalue weighted by Gasteiger charge is -2.33. The Kier molecular flexibility index (Phi) is 5.17. The smallest absolute Gasteiger partial charge is 0.339 e. The minimum absolute atomic E-state index is 0.289. The quantitative estimate of drug-likeness (QED) is 0.644. The lowest BCUT2D eigenvalue weighted by atomic mass is 9.88. The molecule has 0 spiro atoms. The van der Waals surface area contributed by atoms with Crippen LogP contribution in [-0.2, 0) is 22.5 Å². The van der Waals surface area contributed by atoms with Crippen LogP contribution in [0.3, 0.4) is 0 Å². The number of esters is 1. The molecule has 1 amide bonds. The summed E-state index contributed by atoms with van der Waals surface area (Å²) in [5, 5.41) is 2.95. The molecule has 1 aliphatic rings. The van der Waals surface area contributed by atoms with Gasteiger partial charge in [-0.1, -0.05) is 65.7 Å². The van der Waals surface area contributed by atoms with Crippen molar-refractivity contribution >= 4 is 11.9 Å². The molecule has 0 radical (unpaired) electrons. The van der Waals surface area contributed by atoms with E-state index in [4.69, 9.17) is 4.74 Å². The summed E-state index contributed by atoms with van der Waals surface area (Å²) in [6.07, 6.45) is 0.365. The predicted octanol–water partition coefficient (Wildman–Crippen LogP) is 4.76. The summed E-state index contributed by atoms with van der Waals surface area (Å²) in [4.78, 5) is 25.4. The van der Waals surface area contributed by atoms with Crippen LogP contribution in [0.25, 0.3) is 11.1 Å². The number of benzene rings is 3. The molecular weight excluding hydrogens is 374 g/mol. The van der Waals surface area contributed by atoms with Gasteiger partial charge in [0.25, 0.3) is 5.91 Å². The number of amides is 1. The number of hydrogen-bond donors (Lipinski definition) is 1. The highest BCUT2D eigenvalue weighted by molar-refractivity contribution is 5.97. The maximum atomic E-state index is 12.9. The maximum Gasteiger partial charge on any atom is 0.339 e. The van der Waals surface area contributed by atoms with E-state index in [1.54, 1.807) is 6.92 Å². The number of carbonyl (C=O) groups is 2. The molecule has 0 saturated heterocycles. The minimum atomic E-state index is -1.21. The Hall–Kier alpha value is -3.40. The van der Waals surface area contributed by atoms with Crippen molar-refractivity contribution in [1.82, 2.24) is 5.32 Å². The molecule has 152 valence electrons. The molecule has 3 aromatic rings. The fourth-order valence-corrected chi connectivity index (χ4v) is 3.87. The van der Waals surface area contributed by atoms with Gasteiger partial charge in [0.15, 0.2) is 5.60 Å². The van der Waals surface area contributed by atoms with Crippen LogP contribution < -0.4 is 5.32 Å². The number of ether oxygens (including phenoxy) is 1. The van der Waals surface area contributed by atoms with Crippen molar-refractivity contribution in [3.8, 4) is 11.1 Å². The Morgan fingerprint density at radius 2 is 1.67 bits per heavy atom. The number of cyclic esters (lactones) is 1. The predicted molar refractivity (Wildman–Crippen MR) is 117 cm³/mol. The van der Waals surface area contributed by atoms with Crippen molar-refractivity contribution < 1.29 is 14.3 Å². The van der Waals surface area contributed by atoms with Crippen molar-refractivity contribution in [2.24, 2.45) is 0 Å². The Labute approximate surface area is 176 Å². The number of aryl methyl sites for hydroxylation is 2. The fraction of sp³-hybridized carbons (Fsp3) is 0.231. The van der Waals surface area contributed by atoms with Crippen LogP contribution in [0, 0.1) is 13.8 Å². The Morgan fingerprint density at radius 1 is 0.967 bits per heavy atom. The van der Waals surface area contributed by atoms with E-state index in [1.807, 2.05) is 43.3 Å². The average Bonchev–Trinajstić information content (AvgIpc) is 2.73. The van der Waals surface area contributed by atoms with Crippen LogP contribution >= 0.6 is 0 Å². The standard InChI is InChI=1S/C26H25NO3/c1-17-6-4-8-20(12-17)21-9-5-7-19(14-21)16-27-25(29)26(3)15-22-11-10-18(2)13-23(22)24(28)30-26/h4-14H,15-16H2,1-3H3,(H,27,29). The third-order valence-corrected chi connectivity index (χ3v) is 5.54. The Morgan fingerprint density at radius 3 is 2.43 bits per heavy atom. The first-order valence-electron chi connectivity index (χ1n) is 10.1. The van der Waals surface area contributed by atoms with E-state index in [1.165, 1.54) is 5.56 Å². The van der Waals surface area contributed by atoms with E-state index in [0.717, 1.165) is 27.8 Å². The monoisotopic (exact) mass is 399 g/mol. The molecule has 1 heterocycles. The molecule has 0 bridgehead atoms. The van der Waals surface area contributed by atoms with Crippen LogP contribution in [0.2, 0.25) is 0 Å². The zero-order valence-electron chi connectivity index (χ0n) is 17.5. The van der Waals surface area contributed by atoms with Gasteiger partial charge in [-0.2, -0.15) is 0 Å². The zero-order valence-corrected chi connectivity index (χ0v) is 17.5. The number of carbonyl (C=O) groups excluding carboxylic acids is 2. The van der Waals surface area contributed by atoms with Crippen molar-refractivity contribution in [3.05, 3.63) is 94.5 Å². The second-order valence-corrected chi connectivity index (χ2v) is 8.21. The first-order valence-corrected chi connectivity index (χ1v) is 10.1. The summed E-state index contributed by atoms with van der Waals surface area (Å²) in [6, 6.07) is 22.1. The third-order valence-electron chi connectivity index (χ3n) is 5.54. The van der Waals surface area contributed by atoms with Crippen molar-refractivity contribution in [1.29, 1.82) is 0 Å². The Balaban J connectivity index is 1.48. The van der Waals surface area contributed by atoms with E-state index in [-0.39, 0.29) is 5.91 Å². The largest absolute Gasteiger partial charge is 0.445 e. The minimum Gasteiger partial charge on any atom is -0.445 e. The summed E-state index contributed by atoms with van der Waals surface area (Å²) in [7, 11) is 0. The van der Waals surface area contributed by atoms with Gasteiger partial charge in [-0.15, -0.1) is 0 Å². The molecule has 4 heteroatoms. The van der Waals surface area contributed by atoms with Gasteiger partial charge in [0, 0.05) is 13.0 Å². The van der Waals surface area contributed by atoms with E-state index >= 15 is 0 Å². The molecule has 4 rings (SSSR count). The van der Waals surface area contributed by atoms with Crippen LogP contribution in [-0.4, -0.2) is 17.5 Å². The highest BCUT2D eigenvalue weighted by atomic mass is 16.6. The van der Waals surface area contributed by atoms with Gasteiger partial charge in [0.05, 0.1) is 5.56 Å². The van der Waals surface area contributed by atoms with Gasteiger partial charge >= 0.3 is 5.97 Å². The van der Waals surface area contributed by atoms with Crippen molar-refractivity contribution in [3.63, 3.8) is 0 Å². The van der Waals surface area contributed by atoms with Crippen molar-refractivity contribution in [2.75, 3.05) is 0 Å². The highest BCUT2D eigenvalue weighted by Crippen LogP contribution is 2.29. The molecular formula is C26H25NO3. The molecule has 4 nitrogen and oxygen atoms in total. The van der Waals surface area contributed by atoms with E-state index in [2.05, 4.69) is 42.6 Å². The average molecular weight is 399 g/mol. The summed E-state index contributed by atoms with van der Waals surface area (Å²) in [5.41, 5.74) is 5.61. The second-order valence-electron chi connectivity index (χ2n) is 8.21. The highest BCUT2D eigenvalue weighted by Gasteiger charge is 2.42. The van der Waals surface area contributed by atoms with Gasteiger partial charge < -0.3 is 10.1 Å².